The highest BCUT2D eigenvalue weighted by Crippen LogP contribution is 2.35. The first-order valence-electron chi connectivity index (χ1n) is 10.9. The minimum Gasteiger partial charge on any atom is -0.334 e. The summed E-state index contributed by atoms with van der Waals surface area (Å²) in [6.45, 7) is 6.71. The Bertz CT molecular complexity index is 909. The van der Waals surface area contributed by atoms with Crippen LogP contribution in [0.3, 0.4) is 0 Å². The molecular weight excluding hydrogens is 415 g/mol. The molecule has 1 saturated heterocycles. The highest BCUT2D eigenvalue weighted by molar-refractivity contribution is 7.10. The zero-order valence-corrected chi connectivity index (χ0v) is 18.7. The van der Waals surface area contributed by atoms with Crippen molar-refractivity contribution in [3.05, 3.63) is 52.0 Å². The number of fused-ring (bicyclic) bond motifs is 1. The smallest absolute Gasteiger partial charge is 0.238 e. The average Bonchev–Trinajstić information content (AvgIpc) is 3.25. The van der Waals surface area contributed by atoms with E-state index in [0.29, 0.717) is 18.8 Å². The second-order valence-corrected chi connectivity index (χ2v) is 9.17. The highest BCUT2D eigenvalue weighted by atomic mass is 32.1. The molecule has 166 valence electrons. The Hall–Kier alpha value is -2.29. The van der Waals surface area contributed by atoms with Crippen LogP contribution >= 0.6 is 11.3 Å². The van der Waals surface area contributed by atoms with Gasteiger partial charge in [0.15, 0.2) is 0 Å². The van der Waals surface area contributed by atoms with Crippen molar-refractivity contribution >= 4 is 28.8 Å². The van der Waals surface area contributed by atoms with Gasteiger partial charge in [-0.25, -0.2) is 4.39 Å². The molecule has 6 nitrogen and oxygen atoms in total. The average molecular weight is 445 g/mol. The molecule has 0 aliphatic carbocycles. The van der Waals surface area contributed by atoms with E-state index in [1.807, 2.05) is 0 Å². The number of nitrogens with one attached hydrogen (secondary N) is 1. The number of halogens is 1. The van der Waals surface area contributed by atoms with Crippen LogP contribution in [0.15, 0.2) is 35.7 Å². The molecule has 1 aromatic heterocycles. The number of piperazine rings is 1. The Morgan fingerprint density at radius 1 is 1.03 bits per heavy atom. The van der Waals surface area contributed by atoms with Gasteiger partial charge in [-0.2, -0.15) is 0 Å². The molecule has 2 aliphatic rings. The van der Waals surface area contributed by atoms with Crippen molar-refractivity contribution in [2.24, 2.45) is 0 Å². The van der Waals surface area contributed by atoms with Gasteiger partial charge in [0.05, 0.1) is 19.1 Å². The van der Waals surface area contributed by atoms with Crippen molar-refractivity contribution in [1.82, 2.24) is 14.7 Å². The quantitative estimate of drug-likeness (QED) is 0.744. The number of carbonyl (C=O) groups is 2. The van der Waals surface area contributed by atoms with Gasteiger partial charge in [-0.1, -0.05) is 6.92 Å². The maximum atomic E-state index is 13.0. The fraction of sp³-hybridized carbons (Fsp3) is 0.478. The van der Waals surface area contributed by atoms with Crippen LogP contribution in [0.25, 0.3) is 0 Å². The van der Waals surface area contributed by atoms with Gasteiger partial charge in [0.1, 0.15) is 5.82 Å². The Labute approximate surface area is 186 Å². The Morgan fingerprint density at radius 3 is 2.39 bits per heavy atom. The topological polar surface area (TPSA) is 55.9 Å². The normalized spacial score (nSPS) is 19.8. The number of rotatable bonds is 6. The van der Waals surface area contributed by atoms with Crippen molar-refractivity contribution in [2.75, 3.05) is 51.1 Å². The van der Waals surface area contributed by atoms with Gasteiger partial charge < -0.3 is 10.2 Å². The number of amides is 2. The van der Waals surface area contributed by atoms with E-state index in [1.165, 1.54) is 22.6 Å². The molecule has 2 aliphatic heterocycles. The molecule has 4 rings (SSSR count). The predicted octanol–water partition coefficient (Wildman–Crippen LogP) is 2.98. The molecule has 8 heteroatoms. The monoisotopic (exact) mass is 444 g/mol. The van der Waals surface area contributed by atoms with Crippen molar-refractivity contribution in [1.29, 1.82) is 0 Å². The number of nitrogens with zero attached hydrogens (tertiary/aromatic N) is 3. The molecule has 1 N–H and O–H groups in total. The van der Waals surface area contributed by atoms with Gasteiger partial charge in [0.25, 0.3) is 0 Å². The standard InChI is InChI=1S/C23H29FN4O2S/c1-2-20-19-8-14-31-21(19)7-9-28(20)23(30)16-27-12-10-26(11-13-27)15-22(29)25-18-5-3-17(24)4-6-18/h3-6,8,14,20H,2,7,9-13,15-16H2,1H3,(H,25,29). The van der Waals surface area contributed by atoms with Crippen LogP contribution in [0.1, 0.15) is 29.8 Å². The molecule has 1 fully saturated rings. The van der Waals surface area contributed by atoms with E-state index >= 15 is 0 Å². The summed E-state index contributed by atoms with van der Waals surface area (Å²) in [7, 11) is 0. The van der Waals surface area contributed by atoms with Gasteiger partial charge >= 0.3 is 0 Å². The largest absolute Gasteiger partial charge is 0.334 e. The van der Waals surface area contributed by atoms with Crippen LogP contribution in [0.5, 0.6) is 0 Å². The maximum absolute atomic E-state index is 13.0. The summed E-state index contributed by atoms with van der Waals surface area (Å²) in [6.07, 6.45) is 1.89. The fourth-order valence-electron chi connectivity index (χ4n) is 4.46. The van der Waals surface area contributed by atoms with E-state index in [-0.39, 0.29) is 23.7 Å². The van der Waals surface area contributed by atoms with E-state index in [4.69, 9.17) is 0 Å². The minimum atomic E-state index is -0.325. The van der Waals surface area contributed by atoms with Crippen LogP contribution in [0, 0.1) is 5.82 Å². The van der Waals surface area contributed by atoms with Crippen LogP contribution < -0.4 is 5.32 Å². The second-order valence-electron chi connectivity index (χ2n) is 8.17. The molecule has 3 heterocycles. The number of anilines is 1. The molecule has 0 radical (unpaired) electrons. The summed E-state index contributed by atoms with van der Waals surface area (Å²) in [4.78, 5) is 33.0. The third kappa shape index (κ3) is 5.31. The number of benzene rings is 1. The first-order chi connectivity index (χ1) is 15.0. The summed E-state index contributed by atoms with van der Waals surface area (Å²) in [5.74, 6) is -0.234. The predicted molar refractivity (Wildman–Crippen MR) is 121 cm³/mol. The van der Waals surface area contributed by atoms with Gasteiger partial charge in [0, 0.05) is 43.3 Å². The molecule has 1 atom stereocenters. The third-order valence-corrected chi connectivity index (χ3v) is 7.12. The Morgan fingerprint density at radius 2 is 1.71 bits per heavy atom. The summed E-state index contributed by atoms with van der Waals surface area (Å²) >= 11 is 1.80. The zero-order valence-electron chi connectivity index (χ0n) is 17.8. The number of carbonyl (C=O) groups excluding carboxylic acids is 2. The van der Waals surface area contributed by atoms with Crippen molar-refractivity contribution in [2.45, 2.75) is 25.8 Å². The SMILES string of the molecule is CCC1c2ccsc2CCN1C(=O)CN1CCN(CC(=O)Nc2ccc(F)cc2)CC1. The Kier molecular flexibility index (Phi) is 6.99. The summed E-state index contributed by atoms with van der Waals surface area (Å²) in [5.41, 5.74) is 1.92. The maximum Gasteiger partial charge on any atom is 0.238 e. The second kappa shape index (κ2) is 9.89. The lowest BCUT2D eigenvalue weighted by Crippen LogP contribution is -2.52. The van der Waals surface area contributed by atoms with Gasteiger partial charge in [-0.05, 0) is 54.1 Å². The van der Waals surface area contributed by atoms with E-state index in [2.05, 4.69) is 38.4 Å². The molecule has 0 saturated carbocycles. The van der Waals surface area contributed by atoms with Crippen molar-refractivity contribution in [3.63, 3.8) is 0 Å². The molecule has 2 amide bonds. The number of thiophene rings is 1. The van der Waals surface area contributed by atoms with E-state index in [1.54, 1.807) is 23.5 Å². The Balaban J connectivity index is 1.23. The first kappa shape index (κ1) is 21.9. The third-order valence-electron chi connectivity index (χ3n) is 6.12. The molecular formula is C23H29FN4O2S. The summed E-state index contributed by atoms with van der Waals surface area (Å²) in [5, 5.41) is 4.93. The summed E-state index contributed by atoms with van der Waals surface area (Å²) < 4.78 is 13.0. The lowest BCUT2D eigenvalue weighted by Gasteiger charge is -2.38. The lowest BCUT2D eigenvalue weighted by molar-refractivity contribution is -0.136. The van der Waals surface area contributed by atoms with E-state index < -0.39 is 0 Å². The van der Waals surface area contributed by atoms with Crippen molar-refractivity contribution < 1.29 is 14.0 Å². The van der Waals surface area contributed by atoms with Gasteiger partial charge in [0.2, 0.25) is 11.8 Å². The van der Waals surface area contributed by atoms with Crippen LogP contribution in [0.2, 0.25) is 0 Å². The zero-order chi connectivity index (χ0) is 21.8. The molecule has 0 bridgehead atoms. The van der Waals surface area contributed by atoms with Crippen LogP contribution in [0.4, 0.5) is 10.1 Å². The molecule has 31 heavy (non-hydrogen) atoms. The molecule has 1 aromatic carbocycles. The van der Waals surface area contributed by atoms with E-state index in [0.717, 1.165) is 45.6 Å². The number of hydrogen-bond donors (Lipinski definition) is 1. The van der Waals surface area contributed by atoms with Crippen molar-refractivity contribution in [3.8, 4) is 0 Å². The fourth-order valence-corrected chi connectivity index (χ4v) is 5.39. The van der Waals surface area contributed by atoms with Gasteiger partial charge in [-0.15, -0.1) is 11.3 Å². The molecule has 0 spiro atoms. The van der Waals surface area contributed by atoms with Gasteiger partial charge in [-0.3, -0.25) is 19.4 Å². The lowest BCUT2D eigenvalue weighted by atomic mass is 9.97. The first-order valence-corrected chi connectivity index (χ1v) is 11.8. The van der Waals surface area contributed by atoms with Crippen LogP contribution in [-0.2, 0) is 16.0 Å². The molecule has 2 aromatic rings. The van der Waals surface area contributed by atoms with E-state index in [9.17, 15) is 14.0 Å². The van der Waals surface area contributed by atoms with Crippen LogP contribution in [-0.4, -0.2) is 72.3 Å². The highest BCUT2D eigenvalue weighted by Gasteiger charge is 2.31. The minimum absolute atomic E-state index is 0.109. The molecule has 1 unspecified atom stereocenters. The summed E-state index contributed by atoms with van der Waals surface area (Å²) in [6, 6.07) is 8.13. The number of hydrogen-bond acceptors (Lipinski definition) is 5.